The van der Waals surface area contributed by atoms with Crippen LogP contribution in [0.4, 0.5) is 14.6 Å². The van der Waals surface area contributed by atoms with Gasteiger partial charge < -0.3 is 10.6 Å². The zero-order valence-electron chi connectivity index (χ0n) is 16.9. The van der Waals surface area contributed by atoms with Crippen LogP contribution in [0.5, 0.6) is 0 Å². The van der Waals surface area contributed by atoms with Crippen molar-refractivity contribution in [3.05, 3.63) is 76.5 Å². The summed E-state index contributed by atoms with van der Waals surface area (Å²) in [6, 6.07) is 10.4. The molecule has 0 saturated heterocycles. The molecule has 1 aromatic heterocycles. The Labute approximate surface area is 182 Å². The van der Waals surface area contributed by atoms with E-state index in [1.165, 1.54) is 10.7 Å². The van der Waals surface area contributed by atoms with Crippen molar-refractivity contribution in [3.8, 4) is 5.69 Å². The lowest BCUT2D eigenvalue weighted by Gasteiger charge is -2.12. The van der Waals surface area contributed by atoms with Crippen molar-refractivity contribution in [2.24, 2.45) is 0 Å². The van der Waals surface area contributed by atoms with Crippen molar-refractivity contribution in [3.63, 3.8) is 0 Å². The van der Waals surface area contributed by atoms with Crippen molar-refractivity contribution in [1.29, 1.82) is 0 Å². The summed E-state index contributed by atoms with van der Waals surface area (Å²) < 4.78 is 52.9. The van der Waals surface area contributed by atoms with Crippen LogP contribution < -0.4 is 10.6 Å². The van der Waals surface area contributed by atoms with E-state index in [1.54, 1.807) is 12.1 Å². The van der Waals surface area contributed by atoms with E-state index in [-0.39, 0.29) is 28.6 Å². The summed E-state index contributed by atoms with van der Waals surface area (Å²) in [6.07, 6.45) is 0. The van der Waals surface area contributed by atoms with Gasteiger partial charge in [0, 0.05) is 17.7 Å². The number of sulfone groups is 1. The number of carbonyl (C=O) groups excluding carboxylic acids is 2. The molecule has 1 aliphatic heterocycles. The lowest BCUT2D eigenvalue weighted by Crippen LogP contribution is -2.36. The second kappa shape index (κ2) is 8.15. The summed E-state index contributed by atoms with van der Waals surface area (Å²) in [4.78, 5) is 24.8. The highest BCUT2D eigenvalue weighted by Gasteiger charge is 2.34. The molecule has 2 N–H and O–H groups in total. The maximum Gasteiger partial charge on any atom is 0.314 e. The normalized spacial score (nSPS) is 14.1. The van der Waals surface area contributed by atoms with E-state index < -0.39 is 39.8 Å². The zero-order chi connectivity index (χ0) is 23.0. The van der Waals surface area contributed by atoms with Gasteiger partial charge in [0.2, 0.25) is 0 Å². The number of aryl methyl sites for hydroxylation is 1. The topological polar surface area (TPSA) is 110 Å². The highest BCUT2D eigenvalue weighted by atomic mass is 32.2. The molecule has 2 heterocycles. The maximum absolute atomic E-state index is 13.7. The summed E-state index contributed by atoms with van der Waals surface area (Å²) in [5.41, 5.74) is 1.75. The van der Waals surface area contributed by atoms with Gasteiger partial charge in [-0.15, -0.1) is 0 Å². The van der Waals surface area contributed by atoms with Crippen LogP contribution in [0, 0.1) is 18.6 Å². The number of nitrogens with one attached hydrogen (secondary N) is 2. The van der Waals surface area contributed by atoms with Crippen LogP contribution in [0.3, 0.4) is 0 Å². The van der Waals surface area contributed by atoms with E-state index >= 15 is 0 Å². The first-order chi connectivity index (χ1) is 15.1. The van der Waals surface area contributed by atoms with Gasteiger partial charge >= 0.3 is 11.8 Å². The molecule has 0 radical (unpaired) electrons. The number of anilines is 1. The Morgan fingerprint density at radius 2 is 1.69 bits per heavy atom. The molecule has 32 heavy (non-hydrogen) atoms. The molecule has 2 amide bonds. The van der Waals surface area contributed by atoms with E-state index in [2.05, 4.69) is 15.7 Å². The summed E-state index contributed by atoms with van der Waals surface area (Å²) in [5.74, 6) is -4.52. The second-order valence-corrected chi connectivity index (χ2v) is 9.45. The number of hydrogen-bond acceptors (Lipinski definition) is 5. The Kier molecular flexibility index (Phi) is 5.51. The van der Waals surface area contributed by atoms with Gasteiger partial charge in [0.1, 0.15) is 17.5 Å². The predicted molar refractivity (Wildman–Crippen MR) is 111 cm³/mol. The quantitative estimate of drug-likeness (QED) is 0.580. The number of hydrogen-bond donors (Lipinski definition) is 2. The number of rotatable bonds is 4. The lowest BCUT2D eigenvalue weighted by atomic mass is 10.2. The van der Waals surface area contributed by atoms with Crippen LogP contribution >= 0.6 is 0 Å². The monoisotopic (exact) mass is 460 g/mol. The summed E-state index contributed by atoms with van der Waals surface area (Å²) in [7, 11) is -3.41. The molecule has 166 valence electrons. The molecule has 3 aromatic rings. The lowest BCUT2D eigenvalue weighted by molar-refractivity contribution is -0.136. The largest absolute Gasteiger partial charge is 0.344 e. The van der Waals surface area contributed by atoms with Crippen LogP contribution in [0.1, 0.15) is 22.4 Å². The van der Waals surface area contributed by atoms with Gasteiger partial charge in [-0.1, -0.05) is 23.8 Å². The van der Waals surface area contributed by atoms with E-state index in [0.717, 1.165) is 17.7 Å². The minimum Gasteiger partial charge on any atom is -0.344 e. The molecule has 0 aliphatic carbocycles. The molecule has 0 spiro atoms. The standard InChI is InChI=1S/C21H18F2N4O4S/c1-12-5-7-13(8-6-12)27-19(15-10-32(30,31)11-18(15)26-27)25-21(29)20(28)24-9-14-16(22)3-2-4-17(14)23/h2-8H,9-11H2,1H3,(H,24,28)(H,25,29). The first-order valence-corrected chi connectivity index (χ1v) is 11.4. The molecule has 2 aromatic carbocycles. The maximum atomic E-state index is 13.7. The third kappa shape index (κ3) is 4.24. The highest BCUT2D eigenvalue weighted by molar-refractivity contribution is 7.90. The summed E-state index contributed by atoms with van der Waals surface area (Å²) in [6.45, 7) is 1.36. The fourth-order valence-corrected chi connectivity index (χ4v) is 4.85. The Morgan fingerprint density at radius 1 is 1.03 bits per heavy atom. The van der Waals surface area contributed by atoms with Crippen molar-refractivity contribution in [1.82, 2.24) is 15.1 Å². The molecule has 4 rings (SSSR count). The Morgan fingerprint density at radius 3 is 2.34 bits per heavy atom. The molecule has 0 bridgehead atoms. The minimum absolute atomic E-state index is 0.0575. The average Bonchev–Trinajstić information content (AvgIpc) is 3.20. The van der Waals surface area contributed by atoms with Crippen molar-refractivity contribution < 1.29 is 26.8 Å². The molecule has 0 atom stereocenters. The van der Waals surface area contributed by atoms with Gasteiger partial charge in [-0.05, 0) is 31.2 Å². The molecule has 0 saturated carbocycles. The van der Waals surface area contributed by atoms with E-state index in [0.29, 0.717) is 11.3 Å². The molecule has 0 unspecified atom stereocenters. The number of nitrogens with zero attached hydrogens (tertiary/aromatic N) is 2. The molecular formula is C21H18F2N4O4S. The van der Waals surface area contributed by atoms with Crippen molar-refractivity contribution in [2.45, 2.75) is 25.0 Å². The predicted octanol–water partition coefficient (Wildman–Crippen LogP) is 2.14. The van der Waals surface area contributed by atoms with E-state index in [9.17, 15) is 26.8 Å². The highest BCUT2D eigenvalue weighted by Crippen LogP contribution is 2.33. The Hall–Kier alpha value is -3.60. The number of aromatic nitrogens is 2. The van der Waals surface area contributed by atoms with E-state index in [4.69, 9.17) is 0 Å². The molecule has 1 aliphatic rings. The average molecular weight is 460 g/mol. The van der Waals surface area contributed by atoms with Crippen molar-refractivity contribution in [2.75, 3.05) is 5.32 Å². The molecule has 8 nitrogen and oxygen atoms in total. The zero-order valence-corrected chi connectivity index (χ0v) is 17.7. The van der Waals surface area contributed by atoms with Gasteiger partial charge in [0.15, 0.2) is 9.84 Å². The number of halogens is 2. The van der Waals surface area contributed by atoms with Gasteiger partial charge in [0.05, 0.1) is 22.9 Å². The fourth-order valence-electron chi connectivity index (χ4n) is 3.36. The number of fused-ring (bicyclic) bond motifs is 1. The summed E-state index contributed by atoms with van der Waals surface area (Å²) >= 11 is 0. The van der Waals surface area contributed by atoms with Crippen LogP contribution in [0.25, 0.3) is 5.69 Å². The first kappa shape index (κ1) is 21.6. The SMILES string of the molecule is Cc1ccc(-n2nc3c(c2NC(=O)C(=O)NCc2c(F)cccc2F)CS(=O)(=O)C3)cc1. The Balaban J connectivity index is 1.58. The van der Waals surface area contributed by atoms with E-state index in [1.807, 2.05) is 19.1 Å². The Bertz CT molecular complexity index is 1310. The van der Waals surface area contributed by atoms with Crippen LogP contribution in [-0.4, -0.2) is 30.0 Å². The number of amides is 2. The molecule has 11 heteroatoms. The van der Waals surface area contributed by atoms with Gasteiger partial charge in [-0.2, -0.15) is 5.10 Å². The minimum atomic E-state index is -3.41. The van der Waals surface area contributed by atoms with Gasteiger partial charge in [0.25, 0.3) is 0 Å². The van der Waals surface area contributed by atoms with Crippen LogP contribution in [0.15, 0.2) is 42.5 Å². The first-order valence-electron chi connectivity index (χ1n) is 9.55. The fraction of sp³-hybridized carbons (Fsp3) is 0.190. The third-order valence-electron chi connectivity index (χ3n) is 4.99. The molecular weight excluding hydrogens is 442 g/mol. The van der Waals surface area contributed by atoms with Gasteiger partial charge in [-0.25, -0.2) is 21.9 Å². The number of benzene rings is 2. The van der Waals surface area contributed by atoms with Crippen LogP contribution in [0.2, 0.25) is 0 Å². The molecule has 0 fully saturated rings. The number of carbonyl (C=O) groups is 2. The van der Waals surface area contributed by atoms with Crippen molar-refractivity contribution >= 4 is 27.5 Å². The smallest absolute Gasteiger partial charge is 0.314 e. The van der Waals surface area contributed by atoms with Crippen LogP contribution in [-0.2, 0) is 37.5 Å². The third-order valence-corrected chi connectivity index (χ3v) is 6.43. The second-order valence-electron chi connectivity index (χ2n) is 7.39. The summed E-state index contributed by atoms with van der Waals surface area (Å²) in [5, 5.41) is 8.88. The van der Waals surface area contributed by atoms with Gasteiger partial charge in [-0.3, -0.25) is 9.59 Å².